The van der Waals surface area contributed by atoms with Crippen LogP contribution in [0, 0.1) is 0 Å². The number of rotatable bonds is 6. The summed E-state index contributed by atoms with van der Waals surface area (Å²) in [7, 11) is 4.22. The van der Waals surface area contributed by atoms with Crippen LogP contribution in [-0.2, 0) is 0 Å². The lowest BCUT2D eigenvalue weighted by molar-refractivity contribution is 0.316. The molecule has 3 aromatic heterocycles. The largest absolute Gasteiger partial charge is 0.380 e. The molecular formula is C16H20N6S. The topological polar surface area (TPSA) is 58.4 Å². The Balaban J connectivity index is 1.60. The highest BCUT2D eigenvalue weighted by Gasteiger charge is 2.27. The van der Waals surface area contributed by atoms with Crippen molar-refractivity contribution in [1.29, 1.82) is 0 Å². The van der Waals surface area contributed by atoms with Crippen LogP contribution in [-0.4, -0.2) is 45.4 Å². The van der Waals surface area contributed by atoms with Gasteiger partial charge in [0.2, 0.25) is 5.65 Å². The van der Waals surface area contributed by atoms with Gasteiger partial charge in [0, 0.05) is 17.3 Å². The molecule has 1 N–H and O–H groups in total. The molecule has 0 radical (unpaired) electrons. The molecule has 1 atom stereocenters. The molecule has 3 aromatic rings. The molecule has 1 aliphatic carbocycles. The molecule has 0 aromatic carbocycles. The van der Waals surface area contributed by atoms with Gasteiger partial charge < -0.3 is 10.2 Å². The number of fused-ring (bicyclic) bond motifs is 1. The van der Waals surface area contributed by atoms with Crippen LogP contribution in [0.2, 0.25) is 0 Å². The average molecular weight is 328 g/mol. The third kappa shape index (κ3) is 2.94. The van der Waals surface area contributed by atoms with Crippen LogP contribution in [0.5, 0.6) is 0 Å². The van der Waals surface area contributed by atoms with E-state index in [2.05, 4.69) is 63.2 Å². The van der Waals surface area contributed by atoms with Crippen LogP contribution >= 0.6 is 11.3 Å². The number of aromatic nitrogens is 4. The van der Waals surface area contributed by atoms with Crippen molar-refractivity contribution in [2.45, 2.75) is 24.8 Å². The van der Waals surface area contributed by atoms with E-state index in [1.807, 2.05) is 0 Å². The van der Waals surface area contributed by atoms with Crippen LogP contribution in [0.15, 0.2) is 29.9 Å². The van der Waals surface area contributed by atoms with Crippen LogP contribution < -0.4 is 5.32 Å². The number of thiophene rings is 1. The minimum atomic E-state index is 0.329. The summed E-state index contributed by atoms with van der Waals surface area (Å²) in [4.78, 5) is 3.60. The molecule has 0 spiro atoms. The lowest BCUT2D eigenvalue weighted by Crippen LogP contribution is -2.26. The molecule has 120 valence electrons. The van der Waals surface area contributed by atoms with E-state index in [-0.39, 0.29) is 0 Å². The van der Waals surface area contributed by atoms with Gasteiger partial charge in [-0.25, -0.2) is 0 Å². The van der Waals surface area contributed by atoms with Crippen molar-refractivity contribution >= 4 is 22.7 Å². The van der Waals surface area contributed by atoms with Gasteiger partial charge in [-0.05, 0) is 44.4 Å². The monoisotopic (exact) mass is 328 g/mol. The number of hydrogen-bond donors (Lipinski definition) is 1. The van der Waals surface area contributed by atoms with Gasteiger partial charge in [-0.2, -0.15) is 9.61 Å². The fraction of sp³-hybridized carbons (Fsp3) is 0.438. The Labute approximate surface area is 139 Å². The van der Waals surface area contributed by atoms with Gasteiger partial charge in [-0.15, -0.1) is 21.5 Å². The van der Waals surface area contributed by atoms with Crippen molar-refractivity contribution in [3.8, 4) is 0 Å². The predicted octanol–water partition coefficient (Wildman–Crippen LogP) is 2.78. The zero-order valence-corrected chi connectivity index (χ0v) is 14.1. The third-order valence-corrected chi connectivity index (χ3v) is 5.24. The Morgan fingerprint density at radius 2 is 2.30 bits per heavy atom. The highest BCUT2D eigenvalue weighted by Crippen LogP contribution is 2.40. The summed E-state index contributed by atoms with van der Waals surface area (Å²) in [6.07, 6.45) is 4.14. The standard InChI is InChI=1S/C16H20N6S/c1-21(2)14(15-4-3-7-23-15)9-17-13-8-12(11-5-6-11)20-22-10-18-19-16(13)22/h3-4,7-8,10-11,14,17H,5-6,9H2,1-2H3. The third-order valence-electron chi connectivity index (χ3n) is 4.26. The Hall–Kier alpha value is -1.99. The summed E-state index contributed by atoms with van der Waals surface area (Å²) >= 11 is 1.79. The lowest BCUT2D eigenvalue weighted by Gasteiger charge is -2.24. The van der Waals surface area contributed by atoms with Gasteiger partial charge in [-0.3, -0.25) is 0 Å². The molecule has 1 saturated carbocycles. The highest BCUT2D eigenvalue weighted by molar-refractivity contribution is 7.10. The number of likely N-dealkylation sites (N-methyl/N-ethyl adjacent to an activating group) is 1. The van der Waals surface area contributed by atoms with Crippen molar-refractivity contribution in [1.82, 2.24) is 24.7 Å². The molecule has 23 heavy (non-hydrogen) atoms. The first-order chi connectivity index (χ1) is 11.2. The molecule has 1 aliphatic rings. The Morgan fingerprint density at radius 3 is 3.00 bits per heavy atom. The van der Waals surface area contributed by atoms with Gasteiger partial charge in [-0.1, -0.05) is 6.07 Å². The number of anilines is 1. The molecule has 3 heterocycles. The lowest BCUT2D eigenvalue weighted by atomic mass is 10.2. The van der Waals surface area contributed by atoms with Crippen molar-refractivity contribution in [2.24, 2.45) is 0 Å². The minimum Gasteiger partial charge on any atom is -0.380 e. The first-order valence-electron chi connectivity index (χ1n) is 7.87. The molecule has 0 bridgehead atoms. The van der Waals surface area contributed by atoms with Gasteiger partial charge in [0.1, 0.15) is 6.33 Å². The van der Waals surface area contributed by atoms with E-state index in [0.29, 0.717) is 12.0 Å². The summed E-state index contributed by atoms with van der Waals surface area (Å²) in [6, 6.07) is 6.76. The molecule has 1 unspecified atom stereocenters. The van der Waals surface area contributed by atoms with Gasteiger partial charge >= 0.3 is 0 Å². The van der Waals surface area contributed by atoms with Crippen molar-refractivity contribution < 1.29 is 0 Å². The van der Waals surface area contributed by atoms with Crippen molar-refractivity contribution in [2.75, 3.05) is 26.0 Å². The average Bonchev–Trinajstić information content (AvgIpc) is 3.05. The zero-order chi connectivity index (χ0) is 15.8. The van der Waals surface area contributed by atoms with E-state index in [9.17, 15) is 0 Å². The SMILES string of the molecule is CN(C)C(CNc1cc(C2CC2)nn2cnnc12)c1cccs1. The van der Waals surface area contributed by atoms with E-state index in [1.54, 1.807) is 22.2 Å². The first-order valence-corrected chi connectivity index (χ1v) is 8.75. The maximum Gasteiger partial charge on any atom is 0.200 e. The summed E-state index contributed by atoms with van der Waals surface area (Å²) in [5.41, 5.74) is 2.94. The molecule has 0 saturated heterocycles. The summed E-state index contributed by atoms with van der Waals surface area (Å²) < 4.78 is 1.78. The summed E-state index contributed by atoms with van der Waals surface area (Å²) in [5.74, 6) is 0.601. The molecule has 1 fully saturated rings. The van der Waals surface area contributed by atoms with E-state index < -0.39 is 0 Å². The maximum absolute atomic E-state index is 4.61. The molecular weight excluding hydrogens is 308 g/mol. The van der Waals surface area contributed by atoms with Crippen molar-refractivity contribution in [3.05, 3.63) is 40.5 Å². The van der Waals surface area contributed by atoms with Crippen LogP contribution in [0.1, 0.15) is 35.4 Å². The van der Waals surface area contributed by atoms with Gasteiger partial charge in [0.15, 0.2) is 0 Å². The smallest absolute Gasteiger partial charge is 0.200 e. The summed E-state index contributed by atoms with van der Waals surface area (Å²) in [5, 5.41) is 18.5. The molecule has 0 amide bonds. The van der Waals surface area contributed by atoms with Crippen LogP contribution in [0.3, 0.4) is 0 Å². The van der Waals surface area contributed by atoms with E-state index >= 15 is 0 Å². The minimum absolute atomic E-state index is 0.329. The fourth-order valence-electron chi connectivity index (χ4n) is 2.78. The summed E-state index contributed by atoms with van der Waals surface area (Å²) in [6.45, 7) is 0.824. The molecule has 0 aliphatic heterocycles. The Kier molecular flexibility index (Phi) is 3.74. The first kappa shape index (κ1) is 14.6. The second kappa shape index (κ2) is 5.90. The van der Waals surface area contributed by atoms with E-state index in [4.69, 9.17) is 0 Å². The van der Waals surface area contributed by atoms with E-state index in [0.717, 1.165) is 23.6 Å². The maximum atomic E-state index is 4.61. The molecule has 4 rings (SSSR count). The number of nitrogens with one attached hydrogen (secondary N) is 1. The van der Waals surface area contributed by atoms with Gasteiger partial charge in [0.05, 0.1) is 17.4 Å². The fourth-order valence-corrected chi connectivity index (χ4v) is 3.70. The Morgan fingerprint density at radius 1 is 1.43 bits per heavy atom. The quantitative estimate of drug-likeness (QED) is 0.754. The Bertz CT molecular complexity index is 790. The molecule has 6 nitrogen and oxygen atoms in total. The number of nitrogens with zero attached hydrogens (tertiary/aromatic N) is 5. The molecule has 7 heteroatoms. The second-order valence-corrected chi connectivity index (χ2v) is 7.21. The predicted molar refractivity (Wildman–Crippen MR) is 92.0 cm³/mol. The number of hydrogen-bond acceptors (Lipinski definition) is 6. The highest BCUT2D eigenvalue weighted by atomic mass is 32.1. The van der Waals surface area contributed by atoms with Crippen LogP contribution in [0.25, 0.3) is 5.65 Å². The van der Waals surface area contributed by atoms with Gasteiger partial charge in [0.25, 0.3) is 0 Å². The van der Waals surface area contributed by atoms with E-state index in [1.165, 1.54) is 17.7 Å². The van der Waals surface area contributed by atoms with Crippen molar-refractivity contribution in [3.63, 3.8) is 0 Å². The normalized spacial score (nSPS) is 16.1. The van der Waals surface area contributed by atoms with Crippen LogP contribution in [0.4, 0.5) is 5.69 Å². The second-order valence-electron chi connectivity index (χ2n) is 6.23. The zero-order valence-electron chi connectivity index (χ0n) is 13.3.